The zero-order valence-corrected chi connectivity index (χ0v) is 15.9. The third-order valence-electron chi connectivity index (χ3n) is 6.17. The maximum absolute atomic E-state index is 15.0. The summed E-state index contributed by atoms with van der Waals surface area (Å²) in [6, 6.07) is 5.05. The van der Waals surface area contributed by atoms with E-state index in [1.165, 1.54) is 6.07 Å². The number of fused-ring (bicyclic) bond motifs is 1. The van der Waals surface area contributed by atoms with Gasteiger partial charge in [0.25, 0.3) is 0 Å². The Bertz CT molecular complexity index is 896. The molecule has 138 valence electrons. The maximum Gasteiger partial charge on any atom is 0.524 e. The molecule has 4 rings (SSSR count). The van der Waals surface area contributed by atoms with Crippen molar-refractivity contribution in [3.63, 3.8) is 0 Å². The molecule has 1 aromatic heterocycles. The minimum absolute atomic E-state index is 0.262. The number of para-hydroxylation sites is 1. The van der Waals surface area contributed by atoms with Crippen molar-refractivity contribution in [3.8, 4) is 0 Å². The van der Waals surface area contributed by atoms with E-state index in [1.54, 1.807) is 16.7 Å². The minimum Gasteiger partial charge on any atom is -0.398 e. The Kier molecular flexibility index (Phi) is 3.70. The molecule has 0 amide bonds. The third-order valence-corrected chi connectivity index (χ3v) is 6.17. The molecule has 1 aliphatic carbocycles. The first kappa shape index (κ1) is 17.7. The smallest absolute Gasteiger partial charge is 0.398 e. The van der Waals surface area contributed by atoms with Gasteiger partial charge in [0.1, 0.15) is 11.5 Å². The van der Waals surface area contributed by atoms with Crippen molar-refractivity contribution in [2.24, 2.45) is 7.05 Å². The van der Waals surface area contributed by atoms with E-state index in [4.69, 9.17) is 9.31 Å². The fraction of sp³-hybridized carbons (Fsp3) is 0.500. The minimum atomic E-state index is -0.996. The molecule has 2 fully saturated rings. The zero-order valence-electron chi connectivity index (χ0n) is 15.9. The first-order valence-electron chi connectivity index (χ1n) is 9.04. The Labute approximate surface area is 153 Å². The lowest BCUT2D eigenvalue weighted by atomic mass is 9.83. The van der Waals surface area contributed by atoms with Crippen molar-refractivity contribution in [2.45, 2.75) is 57.2 Å². The van der Waals surface area contributed by atoms with Crippen LogP contribution < -0.4 is 0 Å². The van der Waals surface area contributed by atoms with Gasteiger partial charge in [-0.2, -0.15) is 0 Å². The highest BCUT2D eigenvalue weighted by Gasteiger charge is 2.54. The van der Waals surface area contributed by atoms with Crippen LogP contribution in [0.2, 0.25) is 0 Å². The fourth-order valence-electron chi connectivity index (χ4n) is 3.73. The number of allylic oxidation sites excluding steroid dienone is 1. The summed E-state index contributed by atoms with van der Waals surface area (Å²) < 4.78 is 42.6. The molecule has 0 spiro atoms. The number of halogens is 2. The molecule has 2 aromatic rings. The molecule has 6 heteroatoms. The zero-order chi connectivity index (χ0) is 18.9. The monoisotopic (exact) mass is 359 g/mol. The van der Waals surface area contributed by atoms with Crippen LogP contribution in [0.3, 0.4) is 0 Å². The largest absolute Gasteiger partial charge is 0.524 e. The molecule has 3 nitrogen and oxygen atoms in total. The predicted molar refractivity (Wildman–Crippen MR) is 99.1 cm³/mol. The van der Waals surface area contributed by atoms with Gasteiger partial charge < -0.3 is 13.9 Å². The number of benzene rings is 1. The Morgan fingerprint density at radius 1 is 1.15 bits per heavy atom. The molecule has 0 unspecified atom stereocenters. The van der Waals surface area contributed by atoms with Gasteiger partial charge in [0.15, 0.2) is 0 Å². The first-order valence-corrected chi connectivity index (χ1v) is 9.04. The van der Waals surface area contributed by atoms with Crippen molar-refractivity contribution in [3.05, 3.63) is 47.6 Å². The summed E-state index contributed by atoms with van der Waals surface area (Å²) in [4.78, 5) is 0. The van der Waals surface area contributed by atoms with E-state index < -0.39 is 29.5 Å². The number of hydrogen-bond acceptors (Lipinski definition) is 2. The number of nitrogens with zero attached hydrogens (tertiary/aromatic N) is 1. The lowest BCUT2D eigenvalue weighted by Crippen LogP contribution is -2.41. The fourth-order valence-corrected chi connectivity index (χ4v) is 3.73. The van der Waals surface area contributed by atoms with Gasteiger partial charge in [0, 0.05) is 24.0 Å². The van der Waals surface area contributed by atoms with E-state index in [1.807, 2.05) is 47.0 Å². The van der Waals surface area contributed by atoms with Crippen LogP contribution in [0.15, 0.2) is 36.2 Å². The molecule has 0 radical (unpaired) electrons. The van der Waals surface area contributed by atoms with E-state index in [0.717, 1.165) is 23.8 Å². The van der Waals surface area contributed by atoms with Gasteiger partial charge in [-0.05, 0) is 58.2 Å². The van der Waals surface area contributed by atoms with Crippen LogP contribution in [0.5, 0.6) is 0 Å². The van der Waals surface area contributed by atoms with E-state index >= 15 is 4.39 Å². The molecular weight excluding hydrogens is 335 g/mol. The van der Waals surface area contributed by atoms with Gasteiger partial charge in [-0.25, -0.2) is 8.78 Å². The van der Waals surface area contributed by atoms with Crippen LogP contribution in [-0.4, -0.2) is 22.9 Å². The number of aromatic nitrogens is 1. The second-order valence-electron chi connectivity index (χ2n) is 8.56. The highest BCUT2D eigenvalue weighted by atomic mass is 19.1. The predicted octanol–water partition coefficient (Wildman–Crippen LogP) is 4.83. The SMILES string of the molecule is Cn1cc(C2(C=C(F)B3OC(C)(C)C(C)(C)O3)CC2)c2cccc(F)c21. The van der Waals surface area contributed by atoms with Gasteiger partial charge in [-0.3, -0.25) is 0 Å². The van der Waals surface area contributed by atoms with Crippen LogP contribution in [0, 0.1) is 5.82 Å². The van der Waals surface area contributed by atoms with Crippen molar-refractivity contribution in [2.75, 3.05) is 0 Å². The molecule has 1 aromatic carbocycles. The first-order chi connectivity index (χ1) is 12.1. The maximum atomic E-state index is 15.0. The molecule has 2 aliphatic rings. The molecule has 1 saturated carbocycles. The third kappa shape index (κ3) is 2.54. The Morgan fingerprint density at radius 2 is 1.77 bits per heavy atom. The van der Waals surface area contributed by atoms with Crippen LogP contribution in [-0.2, 0) is 21.8 Å². The van der Waals surface area contributed by atoms with Gasteiger partial charge in [-0.15, -0.1) is 0 Å². The highest BCUT2D eigenvalue weighted by Crippen LogP contribution is 2.53. The normalized spacial score (nSPS) is 23.7. The van der Waals surface area contributed by atoms with Crippen molar-refractivity contribution >= 4 is 18.0 Å². The van der Waals surface area contributed by atoms with Crippen LogP contribution in [0.4, 0.5) is 8.78 Å². The van der Waals surface area contributed by atoms with Crippen LogP contribution in [0.1, 0.15) is 46.1 Å². The molecule has 0 N–H and O–H groups in total. The molecule has 1 aliphatic heterocycles. The van der Waals surface area contributed by atoms with Crippen molar-refractivity contribution in [1.29, 1.82) is 0 Å². The second-order valence-corrected chi connectivity index (χ2v) is 8.56. The van der Waals surface area contributed by atoms with Gasteiger partial charge >= 0.3 is 7.12 Å². The average molecular weight is 359 g/mol. The topological polar surface area (TPSA) is 23.4 Å². The van der Waals surface area contributed by atoms with Crippen LogP contribution >= 0.6 is 0 Å². The van der Waals surface area contributed by atoms with Gasteiger partial charge in [-0.1, -0.05) is 12.1 Å². The second kappa shape index (κ2) is 5.43. The van der Waals surface area contributed by atoms with E-state index in [0.29, 0.717) is 5.52 Å². The van der Waals surface area contributed by atoms with E-state index in [2.05, 4.69) is 0 Å². The Balaban J connectivity index is 1.71. The number of aryl methyl sites for hydroxylation is 1. The summed E-state index contributed by atoms with van der Waals surface area (Å²) >= 11 is 0. The molecule has 26 heavy (non-hydrogen) atoms. The Morgan fingerprint density at radius 3 is 2.35 bits per heavy atom. The lowest BCUT2D eigenvalue weighted by molar-refractivity contribution is 0.00578. The quantitative estimate of drug-likeness (QED) is 0.733. The molecule has 0 atom stereocenters. The summed E-state index contributed by atoms with van der Waals surface area (Å²) in [5, 5.41) is 0.836. The number of rotatable bonds is 3. The van der Waals surface area contributed by atoms with E-state index in [-0.39, 0.29) is 5.82 Å². The molecule has 2 heterocycles. The summed E-state index contributed by atoms with van der Waals surface area (Å²) in [7, 11) is 0.823. The van der Waals surface area contributed by atoms with Gasteiger partial charge in [0.05, 0.1) is 16.7 Å². The van der Waals surface area contributed by atoms with Gasteiger partial charge in [0.2, 0.25) is 0 Å². The summed E-state index contributed by atoms with van der Waals surface area (Å²) in [6.45, 7) is 7.61. The van der Waals surface area contributed by atoms with Crippen LogP contribution in [0.25, 0.3) is 10.9 Å². The Hall–Kier alpha value is -1.66. The average Bonchev–Trinajstić information content (AvgIpc) is 3.16. The highest BCUT2D eigenvalue weighted by molar-refractivity contribution is 6.53. The number of hydrogen-bond donors (Lipinski definition) is 0. The van der Waals surface area contributed by atoms with Crippen molar-refractivity contribution in [1.82, 2.24) is 4.57 Å². The molecule has 1 saturated heterocycles. The molecule has 0 bridgehead atoms. The van der Waals surface area contributed by atoms with Crippen molar-refractivity contribution < 1.29 is 18.1 Å². The summed E-state index contributed by atoms with van der Waals surface area (Å²) in [5.41, 5.74) is -0.473. The summed E-state index contributed by atoms with van der Waals surface area (Å²) in [5.74, 6) is -0.262. The molecular formula is C20H24BF2NO2. The summed E-state index contributed by atoms with van der Waals surface area (Å²) in [6.07, 6.45) is 5.19. The lowest BCUT2D eigenvalue weighted by Gasteiger charge is -2.32. The van der Waals surface area contributed by atoms with E-state index in [9.17, 15) is 4.39 Å². The standard InChI is InChI=1S/C20H24BF2NO2/c1-18(2)19(3,4)26-21(25-18)16(23)11-20(9-10-20)14-12-24(5)17-13(14)7-6-8-15(17)22/h6-8,11-12H,9-10H2,1-5H3.